The largest absolute Gasteiger partial charge is 0.487 e. The standard InChI is InChI=1S/C20H22O6/c21-7-15-13-3-1-11(5-17(13)25-19(15)9-23)12-2-4-14-16(8-22)20(10-24)26-18(14)6-12/h1-6,15-16,19-24H,7-10H2. The van der Waals surface area contributed by atoms with Crippen LogP contribution in [-0.2, 0) is 0 Å². The maximum atomic E-state index is 9.55. The molecule has 6 nitrogen and oxygen atoms in total. The zero-order chi connectivity index (χ0) is 18.3. The highest BCUT2D eigenvalue weighted by Gasteiger charge is 2.35. The molecule has 0 aliphatic carbocycles. The van der Waals surface area contributed by atoms with Crippen molar-refractivity contribution in [1.82, 2.24) is 0 Å². The molecule has 138 valence electrons. The van der Waals surface area contributed by atoms with Crippen LogP contribution in [0.2, 0.25) is 0 Å². The van der Waals surface area contributed by atoms with Gasteiger partial charge in [0.15, 0.2) is 0 Å². The van der Waals surface area contributed by atoms with E-state index in [9.17, 15) is 20.4 Å². The fourth-order valence-electron chi connectivity index (χ4n) is 3.90. The molecule has 2 aliphatic heterocycles. The van der Waals surface area contributed by atoms with E-state index in [-0.39, 0.29) is 38.3 Å². The first-order valence-corrected chi connectivity index (χ1v) is 8.75. The van der Waals surface area contributed by atoms with Gasteiger partial charge in [-0.15, -0.1) is 0 Å². The van der Waals surface area contributed by atoms with Gasteiger partial charge in [-0.2, -0.15) is 0 Å². The minimum absolute atomic E-state index is 0.0741. The Hall–Kier alpha value is -2.12. The second-order valence-corrected chi connectivity index (χ2v) is 6.76. The number of hydrogen-bond donors (Lipinski definition) is 4. The Balaban J connectivity index is 1.67. The maximum absolute atomic E-state index is 9.55. The lowest BCUT2D eigenvalue weighted by molar-refractivity contribution is 0.0943. The summed E-state index contributed by atoms with van der Waals surface area (Å²) in [5.41, 5.74) is 3.65. The van der Waals surface area contributed by atoms with Gasteiger partial charge in [0.25, 0.3) is 0 Å². The zero-order valence-electron chi connectivity index (χ0n) is 14.2. The summed E-state index contributed by atoms with van der Waals surface area (Å²) in [6.45, 7) is -0.440. The number of rotatable bonds is 5. The summed E-state index contributed by atoms with van der Waals surface area (Å²) in [6, 6.07) is 11.5. The number of aliphatic hydroxyl groups is 4. The van der Waals surface area contributed by atoms with Gasteiger partial charge in [-0.3, -0.25) is 0 Å². The Bertz CT molecular complexity index is 737. The zero-order valence-corrected chi connectivity index (χ0v) is 14.2. The molecule has 0 spiro atoms. The lowest BCUT2D eigenvalue weighted by atomic mass is 9.92. The summed E-state index contributed by atoms with van der Waals surface area (Å²) in [5, 5.41) is 38.0. The minimum atomic E-state index is -0.427. The molecular weight excluding hydrogens is 336 g/mol. The molecule has 26 heavy (non-hydrogen) atoms. The van der Waals surface area contributed by atoms with Crippen molar-refractivity contribution in [3.8, 4) is 22.6 Å². The lowest BCUT2D eigenvalue weighted by Crippen LogP contribution is -2.25. The Morgan fingerprint density at radius 3 is 1.38 bits per heavy atom. The Morgan fingerprint density at radius 2 is 1.04 bits per heavy atom. The summed E-state index contributed by atoms with van der Waals surface area (Å²) in [7, 11) is 0. The van der Waals surface area contributed by atoms with E-state index in [0.717, 1.165) is 22.3 Å². The van der Waals surface area contributed by atoms with Crippen molar-refractivity contribution >= 4 is 0 Å². The van der Waals surface area contributed by atoms with Crippen molar-refractivity contribution in [1.29, 1.82) is 0 Å². The van der Waals surface area contributed by atoms with Crippen LogP contribution in [0.15, 0.2) is 36.4 Å². The molecule has 0 saturated carbocycles. The molecule has 0 saturated heterocycles. The quantitative estimate of drug-likeness (QED) is 0.637. The lowest BCUT2D eigenvalue weighted by Gasteiger charge is -2.13. The van der Waals surface area contributed by atoms with Crippen molar-refractivity contribution in [3.63, 3.8) is 0 Å². The average Bonchev–Trinajstić information content (AvgIpc) is 3.23. The van der Waals surface area contributed by atoms with E-state index < -0.39 is 12.2 Å². The van der Waals surface area contributed by atoms with Crippen LogP contribution in [0.4, 0.5) is 0 Å². The van der Waals surface area contributed by atoms with E-state index in [1.165, 1.54) is 0 Å². The number of benzene rings is 2. The molecule has 2 aromatic rings. The second kappa shape index (κ2) is 6.89. The first-order valence-electron chi connectivity index (χ1n) is 8.75. The van der Waals surface area contributed by atoms with Gasteiger partial charge >= 0.3 is 0 Å². The Kier molecular flexibility index (Phi) is 4.58. The monoisotopic (exact) mass is 358 g/mol. The normalized spacial score (nSPS) is 26.2. The van der Waals surface area contributed by atoms with Crippen LogP contribution in [-0.4, -0.2) is 59.1 Å². The molecule has 0 aromatic heterocycles. The Morgan fingerprint density at radius 1 is 0.615 bits per heavy atom. The van der Waals surface area contributed by atoms with Gasteiger partial charge in [-0.25, -0.2) is 0 Å². The van der Waals surface area contributed by atoms with Crippen molar-refractivity contribution < 1.29 is 29.9 Å². The summed E-state index contributed by atoms with van der Waals surface area (Å²) in [6.07, 6.45) is -0.853. The van der Waals surface area contributed by atoms with Crippen LogP contribution < -0.4 is 9.47 Å². The predicted octanol–water partition coefficient (Wildman–Crippen LogP) is 1.01. The van der Waals surface area contributed by atoms with Gasteiger partial charge in [0, 0.05) is 11.1 Å². The smallest absolute Gasteiger partial charge is 0.131 e. The summed E-state index contributed by atoms with van der Waals surface area (Å²) in [5.74, 6) is 0.901. The summed E-state index contributed by atoms with van der Waals surface area (Å²) in [4.78, 5) is 0. The molecule has 0 fully saturated rings. The molecular formula is C20H22O6. The van der Waals surface area contributed by atoms with Crippen molar-refractivity contribution in [2.45, 2.75) is 24.0 Å². The van der Waals surface area contributed by atoms with Gasteiger partial charge in [0.05, 0.1) is 38.3 Å². The fraction of sp³-hybridized carbons (Fsp3) is 0.400. The maximum Gasteiger partial charge on any atom is 0.131 e. The van der Waals surface area contributed by atoms with Crippen LogP contribution >= 0.6 is 0 Å². The number of hydrogen-bond acceptors (Lipinski definition) is 6. The molecule has 6 heteroatoms. The molecule has 0 amide bonds. The van der Waals surface area contributed by atoms with Gasteiger partial charge in [0.1, 0.15) is 23.7 Å². The minimum Gasteiger partial charge on any atom is -0.487 e. The summed E-state index contributed by atoms with van der Waals surface area (Å²) < 4.78 is 11.6. The third-order valence-electron chi connectivity index (χ3n) is 5.37. The molecule has 2 heterocycles. The van der Waals surface area contributed by atoms with E-state index in [2.05, 4.69) is 0 Å². The highest BCUT2D eigenvalue weighted by Crippen LogP contribution is 2.43. The molecule has 4 atom stereocenters. The molecule has 0 bridgehead atoms. The number of aliphatic hydroxyl groups excluding tert-OH is 4. The summed E-state index contributed by atoms with van der Waals surface area (Å²) >= 11 is 0. The second-order valence-electron chi connectivity index (χ2n) is 6.76. The van der Waals surface area contributed by atoms with E-state index in [1.54, 1.807) is 0 Å². The third-order valence-corrected chi connectivity index (χ3v) is 5.37. The topological polar surface area (TPSA) is 99.4 Å². The molecule has 4 unspecified atom stereocenters. The van der Waals surface area contributed by atoms with Crippen LogP contribution in [0.5, 0.6) is 11.5 Å². The van der Waals surface area contributed by atoms with Gasteiger partial charge in [-0.05, 0) is 23.3 Å². The van der Waals surface area contributed by atoms with Gasteiger partial charge in [0.2, 0.25) is 0 Å². The highest BCUT2D eigenvalue weighted by atomic mass is 16.5. The van der Waals surface area contributed by atoms with E-state index >= 15 is 0 Å². The average molecular weight is 358 g/mol. The third kappa shape index (κ3) is 2.66. The SMILES string of the molecule is OCC1Oc2cc(-c3ccc4c(c3)OC(CO)C4CO)ccc2C1CO. The van der Waals surface area contributed by atoms with E-state index in [4.69, 9.17) is 9.47 Å². The van der Waals surface area contributed by atoms with Gasteiger partial charge < -0.3 is 29.9 Å². The van der Waals surface area contributed by atoms with Crippen LogP contribution in [0, 0.1) is 0 Å². The van der Waals surface area contributed by atoms with Crippen molar-refractivity contribution in [2.24, 2.45) is 0 Å². The highest BCUT2D eigenvalue weighted by molar-refractivity contribution is 5.69. The molecule has 2 aliphatic rings. The molecule has 4 N–H and O–H groups in total. The number of fused-ring (bicyclic) bond motifs is 2. The van der Waals surface area contributed by atoms with Crippen LogP contribution in [0.1, 0.15) is 23.0 Å². The molecule has 4 rings (SSSR count). The van der Waals surface area contributed by atoms with Crippen molar-refractivity contribution in [3.05, 3.63) is 47.5 Å². The van der Waals surface area contributed by atoms with Crippen molar-refractivity contribution in [2.75, 3.05) is 26.4 Å². The van der Waals surface area contributed by atoms with E-state index in [1.807, 2.05) is 36.4 Å². The first-order chi connectivity index (χ1) is 12.7. The Labute approximate surface area is 151 Å². The first kappa shape index (κ1) is 17.3. The molecule has 0 radical (unpaired) electrons. The van der Waals surface area contributed by atoms with Crippen LogP contribution in [0.25, 0.3) is 11.1 Å². The number of ether oxygens (including phenoxy) is 2. The van der Waals surface area contributed by atoms with Crippen LogP contribution in [0.3, 0.4) is 0 Å². The predicted molar refractivity (Wildman–Crippen MR) is 94.5 cm³/mol. The molecule has 2 aromatic carbocycles. The van der Waals surface area contributed by atoms with E-state index in [0.29, 0.717) is 11.5 Å². The van der Waals surface area contributed by atoms with Gasteiger partial charge in [-0.1, -0.05) is 24.3 Å². The fourth-order valence-corrected chi connectivity index (χ4v) is 3.90.